The van der Waals surface area contributed by atoms with Gasteiger partial charge in [-0.25, -0.2) is 8.42 Å². The lowest BCUT2D eigenvalue weighted by molar-refractivity contribution is -0.384. The SMILES string of the molecule is CCCCN(CC)S(=O)(=O)c1ccc(C(=O)N=c2sc3cc([N+](=O)[O-])ccc3n2CCC)cc1. The molecule has 0 aliphatic heterocycles. The van der Waals surface area contributed by atoms with E-state index in [9.17, 15) is 23.3 Å². The summed E-state index contributed by atoms with van der Waals surface area (Å²) >= 11 is 1.21. The first-order valence-electron chi connectivity index (χ1n) is 11.2. The van der Waals surface area contributed by atoms with Gasteiger partial charge < -0.3 is 4.57 Å². The number of nitrogens with zero attached hydrogens (tertiary/aromatic N) is 4. The number of amides is 1. The van der Waals surface area contributed by atoms with Gasteiger partial charge in [-0.2, -0.15) is 9.30 Å². The Morgan fingerprint density at radius 1 is 1.12 bits per heavy atom. The molecular weight excluding hydrogens is 476 g/mol. The number of non-ortho nitro benzene ring substituents is 1. The van der Waals surface area contributed by atoms with E-state index >= 15 is 0 Å². The molecule has 1 heterocycles. The van der Waals surface area contributed by atoms with Gasteiger partial charge in [-0.1, -0.05) is 38.5 Å². The highest BCUT2D eigenvalue weighted by atomic mass is 32.2. The van der Waals surface area contributed by atoms with Gasteiger partial charge in [0.15, 0.2) is 4.80 Å². The Hall–Kier alpha value is -2.89. The maximum absolute atomic E-state index is 12.9. The minimum absolute atomic E-state index is 0.0212. The van der Waals surface area contributed by atoms with E-state index in [0.29, 0.717) is 29.1 Å². The van der Waals surface area contributed by atoms with E-state index in [1.54, 1.807) is 13.0 Å². The molecule has 3 rings (SSSR count). The zero-order valence-electron chi connectivity index (χ0n) is 19.4. The second-order valence-electron chi connectivity index (χ2n) is 7.74. The number of unbranched alkanes of at least 4 members (excludes halogenated alkanes) is 1. The number of aryl methyl sites for hydroxylation is 1. The summed E-state index contributed by atoms with van der Waals surface area (Å²) in [6.45, 7) is 7.23. The van der Waals surface area contributed by atoms with E-state index in [1.165, 1.54) is 52.0 Å². The van der Waals surface area contributed by atoms with Crippen LogP contribution in [-0.4, -0.2) is 41.2 Å². The van der Waals surface area contributed by atoms with Crippen molar-refractivity contribution in [3.8, 4) is 0 Å². The summed E-state index contributed by atoms with van der Waals surface area (Å²) in [5.74, 6) is -0.506. The molecule has 0 N–H and O–H groups in total. The molecule has 1 amide bonds. The first-order chi connectivity index (χ1) is 16.2. The van der Waals surface area contributed by atoms with Crippen LogP contribution >= 0.6 is 11.3 Å². The van der Waals surface area contributed by atoms with Gasteiger partial charge in [0, 0.05) is 37.3 Å². The highest BCUT2D eigenvalue weighted by Crippen LogP contribution is 2.24. The molecule has 11 heteroatoms. The van der Waals surface area contributed by atoms with Crippen molar-refractivity contribution in [2.24, 2.45) is 4.99 Å². The Kier molecular flexibility index (Phi) is 8.34. The molecule has 0 aliphatic rings. The van der Waals surface area contributed by atoms with Crippen molar-refractivity contribution in [1.82, 2.24) is 8.87 Å². The second kappa shape index (κ2) is 11.0. The van der Waals surface area contributed by atoms with Crippen LogP contribution in [0.3, 0.4) is 0 Å². The minimum atomic E-state index is -3.63. The van der Waals surface area contributed by atoms with Gasteiger partial charge in [-0.15, -0.1) is 0 Å². The Bertz CT molecular complexity index is 1360. The fourth-order valence-electron chi connectivity index (χ4n) is 3.55. The number of carbonyl (C=O) groups is 1. The summed E-state index contributed by atoms with van der Waals surface area (Å²) in [6.07, 6.45) is 2.46. The van der Waals surface area contributed by atoms with E-state index in [4.69, 9.17) is 0 Å². The van der Waals surface area contributed by atoms with Crippen molar-refractivity contribution in [3.05, 3.63) is 62.9 Å². The molecule has 34 heavy (non-hydrogen) atoms. The smallest absolute Gasteiger partial charge is 0.279 e. The molecule has 9 nitrogen and oxygen atoms in total. The van der Waals surface area contributed by atoms with Gasteiger partial charge in [-0.05, 0) is 43.2 Å². The van der Waals surface area contributed by atoms with Crippen molar-refractivity contribution in [1.29, 1.82) is 0 Å². The molecule has 0 spiro atoms. The van der Waals surface area contributed by atoms with Crippen molar-refractivity contribution >= 4 is 43.2 Å². The largest absolute Gasteiger partial charge is 0.316 e. The number of nitro benzene ring substituents is 1. The lowest BCUT2D eigenvalue weighted by Crippen LogP contribution is -2.31. The maximum atomic E-state index is 12.9. The van der Waals surface area contributed by atoms with Crippen LogP contribution in [0.25, 0.3) is 10.2 Å². The van der Waals surface area contributed by atoms with E-state index in [1.807, 2.05) is 18.4 Å². The van der Waals surface area contributed by atoms with E-state index < -0.39 is 20.9 Å². The quantitative estimate of drug-likeness (QED) is 0.296. The van der Waals surface area contributed by atoms with E-state index in [2.05, 4.69) is 4.99 Å². The lowest BCUT2D eigenvalue weighted by Gasteiger charge is -2.20. The molecule has 0 aliphatic carbocycles. The van der Waals surface area contributed by atoms with Crippen molar-refractivity contribution in [2.75, 3.05) is 13.1 Å². The van der Waals surface area contributed by atoms with Crippen LogP contribution in [-0.2, 0) is 16.6 Å². The number of hydrogen-bond donors (Lipinski definition) is 0. The third kappa shape index (κ3) is 5.43. The van der Waals surface area contributed by atoms with E-state index in [-0.39, 0.29) is 16.1 Å². The van der Waals surface area contributed by atoms with Crippen molar-refractivity contribution in [2.45, 2.75) is 51.5 Å². The molecular formula is C23H28N4O5S2. The molecule has 3 aromatic rings. The summed E-state index contributed by atoms with van der Waals surface area (Å²) in [5.41, 5.74) is 1.02. The predicted molar refractivity (Wildman–Crippen MR) is 132 cm³/mol. The molecule has 0 saturated heterocycles. The first-order valence-corrected chi connectivity index (χ1v) is 13.5. The summed E-state index contributed by atoms with van der Waals surface area (Å²) in [6, 6.07) is 10.4. The number of thiazole rings is 1. The fourth-order valence-corrected chi connectivity index (χ4v) is 6.13. The lowest BCUT2D eigenvalue weighted by atomic mass is 10.2. The minimum Gasteiger partial charge on any atom is -0.316 e. The third-order valence-electron chi connectivity index (χ3n) is 5.37. The van der Waals surface area contributed by atoms with Crippen LogP contribution in [0.1, 0.15) is 50.4 Å². The summed E-state index contributed by atoms with van der Waals surface area (Å²) < 4.78 is 29.8. The van der Waals surface area contributed by atoms with Gasteiger partial charge in [0.05, 0.1) is 20.0 Å². The third-order valence-corrected chi connectivity index (χ3v) is 8.40. The van der Waals surface area contributed by atoms with Crippen LogP contribution < -0.4 is 4.80 Å². The zero-order valence-corrected chi connectivity index (χ0v) is 21.1. The summed E-state index contributed by atoms with van der Waals surface area (Å²) in [7, 11) is -3.63. The van der Waals surface area contributed by atoms with Crippen LogP contribution in [0.4, 0.5) is 5.69 Å². The molecule has 0 radical (unpaired) electrons. The molecule has 0 saturated carbocycles. The highest BCUT2D eigenvalue weighted by Gasteiger charge is 2.22. The molecule has 182 valence electrons. The zero-order chi connectivity index (χ0) is 24.9. The van der Waals surface area contributed by atoms with Gasteiger partial charge in [-0.3, -0.25) is 14.9 Å². The highest BCUT2D eigenvalue weighted by molar-refractivity contribution is 7.89. The number of fused-ring (bicyclic) bond motifs is 1. The Morgan fingerprint density at radius 3 is 2.41 bits per heavy atom. The van der Waals surface area contributed by atoms with Crippen molar-refractivity contribution in [3.63, 3.8) is 0 Å². The van der Waals surface area contributed by atoms with Crippen LogP contribution in [0.2, 0.25) is 0 Å². The average molecular weight is 505 g/mol. The molecule has 0 bridgehead atoms. The molecule has 0 fully saturated rings. The van der Waals surface area contributed by atoms with Gasteiger partial charge in [0.2, 0.25) is 10.0 Å². The molecule has 2 aromatic carbocycles. The summed E-state index contributed by atoms with van der Waals surface area (Å²) in [5, 5.41) is 11.1. The number of aromatic nitrogens is 1. The predicted octanol–water partition coefficient (Wildman–Crippen LogP) is 4.57. The van der Waals surface area contributed by atoms with Crippen LogP contribution in [0.5, 0.6) is 0 Å². The fraction of sp³-hybridized carbons (Fsp3) is 0.391. The number of nitro groups is 1. The molecule has 0 atom stereocenters. The summed E-state index contributed by atoms with van der Waals surface area (Å²) in [4.78, 5) is 28.4. The van der Waals surface area contributed by atoms with Gasteiger partial charge >= 0.3 is 0 Å². The van der Waals surface area contributed by atoms with Crippen LogP contribution in [0, 0.1) is 10.1 Å². The first kappa shape index (κ1) is 25.7. The topological polar surface area (TPSA) is 115 Å². The number of rotatable bonds is 10. The Balaban J connectivity index is 1.95. The van der Waals surface area contributed by atoms with E-state index in [0.717, 1.165) is 24.8 Å². The molecule has 1 aromatic heterocycles. The number of sulfonamides is 1. The Morgan fingerprint density at radius 2 is 1.82 bits per heavy atom. The number of carbonyl (C=O) groups excluding carboxylic acids is 1. The second-order valence-corrected chi connectivity index (χ2v) is 10.7. The average Bonchev–Trinajstić information content (AvgIpc) is 3.15. The Labute approximate surface area is 202 Å². The van der Waals surface area contributed by atoms with Gasteiger partial charge in [0.1, 0.15) is 0 Å². The number of hydrogen-bond acceptors (Lipinski definition) is 6. The monoisotopic (exact) mass is 504 g/mol. The van der Waals surface area contributed by atoms with Crippen LogP contribution in [0.15, 0.2) is 52.4 Å². The van der Waals surface area contributed by atoms with Gasteiger partial charge in [0.25, 0.3) is 11.6 Å². The van der Waals surface area contributed by atoms with Crippen molar-refractivity contribution < 1.29 is 18.1 Å². The molecule has 0 unspecified atom stereocenters. The normalized spacial score (nSPS) is 12.5. The maximum Gasteiger partial charge on any atom is 0.279 e. The standard InChI is InChI=1S/C23H28N4O5S2/c1-4-7-15-25(6-3)34(31,32)19-11-8-17(9-12-19)22(28)24-23-26(14-5-2)20-13-10-18(27(29)30)16-21(20)33-23/h8-13,16H,4-7,14-15H2,1-3H3. The number of benzene rings is 2.